The van der Waals surface area contributed by atoms with Gasteiger partial charge in [0.1, 0.15) is 0 Å². The molecular weight excluding hydrogens is 268 g/mol. The minimum absolute atomic E-state index is 0.0638. The monoisotopic (exact) mass is 279 g/mol. The topological polar surface area (TPSA) is 72.5 Å². The van der Waals surface area contributed by atoms with Crippen LogP contribution in [0.15, 0.2) is 30.3 Å². The van der Waals surface area contributed by atoms with Crippen LogP contribution in [-0.2, 0) is 19.1 Å². The summed E-state index contributed by atoms with van der Waals surface area (Å²) in [5.41, 5.74) is 0.0638. The highest BCUT2D eigenvalue weighted by atomic mass is 32.2. The van der Waals surface area contributed by atoms with Gasteiger partial charge in [0.15, 0.2) is 0 Å². The van der Waals surface area contributed by atoms with E-state index in [1.165, 1.54) is 31.2 Å². The first-order valence-electron chi connectivity index (χ1n) is 4.94. The van der Waals surface area contributed by atoms with Crippen LogP contribution >= 0.6 is 0 Å². The third-order valence-electron chi connectivity index (χ3n) is 1.88. The van der Waals surface area contributed by atoms with Crippen molar-refractivity contribution in [1.29, 1.82) is 0 Å². The lowest BCUT2D eigenvalue weighted by Crippen LogP contribution is -2.42. The highest BCUT2D eigenvalue weighted by molar-refractivity contribution is 7.88. The second-order valence-electron chi connectivity index (χ2n) is 3.20. The SMILES string of the molecule is CCOS(=O)(=O)C(F)(F)C(=O)Nc1ccccc1. The fraction of sp³-hybridized carbons (Fsp3) is 0.300. The van der Waals surface area contributed by atoms with Crippen molar-refractivity contribution in [3.8, 4) is 0 Å². The number of nitrogens with one attached hydrogen (secondary N) is 1. The van der Waals surface area contributed by atoms with Crippen LogP contribution in [0.5, 0.6) is 0 Å². The zero-order valence-corrected chi connectivity index (χ0v) is 10.2. The third-order valence-corrected chi connectivity index (χ3v) is 3.24. The van der Waals surface area contributed by atoms with Crippen LogP contribution in [0.1, 0.15) is 6.92 Å². The molecule has 0 spiro atoms. The average Bonchev–Trinajstić information content (AvgIpc) is 2.29. The minimum atomic E-state index is -5.27. The first-order chi connectivity index (χ1) is 8.31. The summed E-state index contributed by atoms with van der Waals surface area (Å²) in [5, 5.41) is -2.84. The van der Waals surface area contributed by atoms with Gasteiger partial charge in [0.25, 0.3) is 0 Å². The molecule has 0 atom stereocenters. The molecule has 0 aromatic heterocycles. The molecule has 18 heavy (non-hydrogen) atoms. The number of carbonyl (C=O) groups is 1. The van der Waals surface area contributed by atoms with Gasteiger partial charge in [-0.15, -0.1) is 0 Å². The van der Waals surface area contributed by atoms with Crippen LogP contribution in [0, 0.1) is 0 Å². The van der Waals surface area contributed by atoms with E-state index < -0.39 is 27.9 Å². The maximum absolute atomic E-state index is 13.3. The lowest BCUT2D eigenvalue weighted by atomic mass is 10.3. The smallest absolute Gasteiger partial charge is 0.320 e. The first-order valence-corrected chi connectivity index (χ1v) is 6.35. The van der Waals surface area contributed by atoms with Crippen molar-refractivity contribution in [2.75, 3.05) is 11.9 Å². The molecule has 1 rings (SSSR count). The predicted molar refractivity (Wildman–Crippen MR) is 60.6 cm³/mol. The van der Waals surface area contributed by atoms with Crippen molar-refractivity contribution in [3.63, 3.8) is 0 Å². The van der Waals surface area contributed by atoms with Crippen molar-refractivity contribution in [3.05, 3.63) is 30.3 Å². The second kappa shape index (κ2) is 5.40. The third kappa shape index (κ3) is 3.02. The fourth-order valence-corrected chi connectivity index (χ4v) is 1.80. The number of para-hydroxylation sites is 1. The standard InChI is InChI=1S/C10H11F2NO4S/c1-2-17-18(15,16)10(11,12)9(14)13-8-6-4-3-5-7-8/h3-7H,2H2,1H3,(H,13,14). The summed E-state index contributed by atoms with van der Waals surface area (Å²) >= 11 is 0. The molecule has 0 fully saturated rings. The average molecular weight is 279 g/mol. The number of amides is 1. The molecule has 0 saturated heterocycles. The van der Waals surface area contributed by atoms with Gasteiger partial charge in [0.05, 0.1) is 6.61 Å². The highest BCUT2D eigenvalue weighted by Gasteiger charge is 2.54. The van der Waals surface area contributed by atoms with Crippen molar-refractivity contribution < 1.29 is 26.2 Å². The van der Waals surface area contributed by atoms with E-state index in [4.69, 9.17) is 0 Å². The Hall–Kier alpha value is -1.54. The van der Waals surface area contributed by atoms with E-state index in [0.29, 0.717) is 0 Å². The number of rotatable bonds is 5. The van der Waals surface area contributed by atoms with Gasteiger partial charge in [-0.1, -0.05) is 18.2 Å². The summed E-state index contributed by atoms with van der Waals surface area (Å²) in [6, 6.07) is 7.32. The van der Waals surface area contributed by atoms with Gasteiger partial charge in [-0.25, -0.2) is 0 Å². The summed E-state index contributed by atoms with van der Waals surface area (Å²) in [7, 11) is -5.27. The van der Waals surface area contributed by atoms with E-state index >= 15 is 0 Å². The van der Waals surface area contributed by atoms with Gasteiger partial charge in [0.2, 0.25) is 0 Å². The summed E-state index contributed by atoms with van der Waals surface area (Å²) in [4.78, 5) is 11.2. The molecule has 5 nitrogen and oxygen atoms in total. The minimum Gasteiger partial charge on any atom is -0.320 e. The van der Waals surface area contributed by atoms with E-state index in [9.17, 15) is 22.0 Å². The van der Waals surface area contributed by atoms with Gasteiger partial charge in [-0.05, 0) is 19.1 Å². The Morgan fingerprint density at radius 1 is 1.33 bits per heavy atom. The van der Waals surface area contributed by atoms with Crippen LogP contribution in [0.3, 0.4) is 0 Å². The van der Waals surface area contributed by atoms with Gasteiger partial charge >= 0.3 is 21.3 Å². The Balaban J connectivity index is 2.90. The van der Waals surface area contributed by atoms with Crippen molar-refractivity contribution in [2.24, 2.45) is 0 Å². The van der Waals surface area contributed by atoms with E-state index in [1.807, 2.05) is 0 Å². The maximum Gasteiger partial charge on any atom is 0.447 e. The van der Waals surface area contributed by atoms with Gasteiger partial charge in [-0.3, -0.25) is 8.98 Å². The van der Waals surface area contributed by atoms with Gasteiger partial charge in [-0.2, -0.15) is 17.2 Å². The molecule has 0 unspecified atom stereocenters. The Labute approximate surface area is 103 Å². The number of benzene rings is 1. The molecule has 0 aliphatic heterocycles. The summed E-state index contributed by atoms with van der Waals surface area (Å²) < 4.78 is 52.7. The Kier molecular flexibility index (Phi) is 4.36. The second-order valence-corrected chi connectivity index (χ2v) is 4.85. The quantitative estimate of drug-likeness (QED) is 0.831. The lowest BCUT2D eigenvalue weighted by molar-refractivity contribution is -0.130. The number of anilines is 1. The van der Waals surface area contributed by atoms with Gasteiger partial charge in [0, 0.05) is 5.69 Å². The van der Waals surface area contributed by atoms with Crippen LogP contribution in [-0.4, -0.2) is 26.2 Å². The number of hydrogen-bond donors (Lipinski definition) is 1. The van der Waals surface area contributed by atoms with Gasteiger partial charge < -0.3 is 5.32 Å². The molecule has 0 radical (unpaired) electrons. The molecule has 8 heteroatoms. The van der Waals surface area contributed by atoms with Crippen LogP contribution < -0.4 is 5.32 Å². The normalized spacial score (nSPS) is 12.2. The van der Waals surface area contributed by atoms with Crippen molar-refractivity contribution in [1.82, 2.24) is 0 Å². The molecule has 1 aromatic rings. The fourth-order valence-electron chi connectivity index (χ4n) is 1.07. The summed E-state index contributed by atoms with van der Waals surface area (Å²) in [6.45, 7) is 0.749. The first kappa shape index (κ1) is 14.5. The van der Waals surface area contributed by atoms with Crippen LogP contribution in [0.2, 0.25) is 0 Å². The Morgan fingerprint density at radius 3 is 2.39 bits per heavy atom. The summed E-state index contributed by atoms with van der Waals surface area (Å²) in [5.74, 6) is -1.96. The van der Waals surface area contributed by atoms with E-state index in [2.05, 4.69) is 4.18 Å². The Bertz CT molecular complexity index is 516. The number of hydrogen-bond acceptors (Lipinski definition) is 4. The molecule has 0 aliphatic rings. The number of alkyl halides is 2. The zero-order chi connectivity index (χ0) is 13.8. The maximum atomic E-state index is 13.3. The van der Waals surface area contributed by atoms with Crippen LogP contribution in [0.25, 0.3) is 0 Å². The zero-order valence-electron chi connectivity index (χ0n) is 9.39. The molecule has 1 aromatic carbocycles. The van der Waals surface area contributed by atoms with Crippen molar-refractivity contribution >= 4 is 21.7 Å². The summed E-state index contributed by atoms with van der Waals surface area (Å²) in [6.07, 6.45) is 0. The Morgan fingerprint density at radius 2 is 1.89 bits per heavy atom. The molecule has 1 N–H and O–H groups in total. The largest absolute Gasteiger partial charge is 0.447 e. The highest BCUT2D eigenvalue weighted by Crippen LogP contribution is 2.25. The van der Waals surface area contributed by atoms with E-state index in [-0.39, 0.29) is 5.69 Å². The molecular formula is C10H11F2NO4S. The molecule has 100 valence electrons. The molecule has 1 amide bonds. The number of carbonyl (C=O) groups excluding carboxylic acids is 1. The van der Waals surface area contributed by atoms with E-state index in [1.54, 1.807) is 11.4 Å². The lowest BCUT2D eigenvalue weighted by Gasteiger charge is -2.15. The molecule has 0 saturated carbocycles. The predicted octanol–water partition coefficient (Wildman–Crippen LogP) is 1.58. The number of halogens is 2. The van der Waals surface area contributed by atoms with Crippen molar-refractivity contribution in [2.45, 2.75) is 12.2 Å². The van der Waals surface area contributed by atoms with E-state index in [0.717, 1.165) is 0 Å². The molecule has 0 bridgehead atoms. The molecule has 0 aliphatic carbocycles. The molecule has 0 heterocycles. The van der Waals surface area contributed by atoms with Crippen LogP contribution in [0.4, 0.5) is 14.5 Å².